The molecule has 0 N–H and O–H groups in total. The monoisotopic (exact) mass is 272 g/mol. The van der Waals surface area contributed by atoms with E-state index in [4.69, 9.17) is 14.2 Å². The molecule has 4 heteroatoms. The van der Waals surface area contributed by atoms with Gasteiger partial charge in [0.25, 0.3) is 0 Å². The molecule has 0 aliphatic carbocycles. The second-order valence-corrected chi connectivity index (χ2v) is 4.03. The second-order valence-electron chi connectivity index (χ2n) is 4.03. The number of benzene rings is 2. The largest absolute Gasteiger partial charge is 0.497 e. The molecule has 2 aromatic rings. The van der Waals surface area contributed by atoms with E-state index in [1.807, 2.05) is 18.2 Å². The average Bonchev–Trinajstić information content (AvgIpc) is 2.48. The fraction of sp³-hybridized carbons (Fsp3) is 0.188. The van der Waals surface area contributed by atoms with Crippen LogP contribution in [0, 0.1) is 0 Å². The summed E-state index contributed by atoms with van der Waals surface area (Å²) in [6, 6.07) is 14.1. The van der Waals surface area contributed by atoms with Crippen LogP contribution >= 0.6 is 0 Å². The molecule has 0 aliphatic rings. The molecule has 2 rings (SSSR count). The van der Waals surface area contributed by atoms with Crippen LogP contribution in [0.5, 0.6) is 17.2 Å². The number of methoxy groups -OCH3 is 1. The van der Waals surface area contributed by atoms with Gasteiger partial charge in [0.05, 0.1) is 19.3 Å². The zero-order chi connectivity index (χ0) is 14.4. The number of esters is 1. The molecule has 2 aromatic carbocycles. The molecule has 20 heavy (non-hydrogen) atoms. The third-order valence-electron chi connectivity index (χ3n) is 2.62. The third kappa shape index (κ3) is 3.51. The summed E-state index contributed by atoms with van der Waals surface area (Å²) in [5.41, 5.74) is 0.465. The highest BCUT2D eigenvalue weighted by Crippen LogP contribution is 2.25. The molecular weight excluding hydrogens is 256 g/mol. The van der Waals surface area contributed by atoms with E-state index in [1.165, 1.54) is 0 Å². The third-order valence-corrected chi connectivity index (χ3v) is 2.62. The van der Waals surface area contributed by atoms with Gasteiger partial charge in [0.15, 0.2) is 0 Å². The summed E-state index contributed by atoms with van der Waals surface area (Å²) in [5, 5.41) is 0. The topological polar surface area (TPSA) is 44.8 Å². The van der Waals surface area contributed by atoms with E-state index in [0.29, 0.717) is 29.4 Å². The Morgan fingerprint density at radius 1 is 1.00 bits per heavy atom. The van der Waals surface area contributed by atoms with Gasteiger partial charge in [-0.1, -0.05) is 12.1 Å². The lowest BCUT2D eigenvalue weighted by Crippen LogP contribution is -2.04. The van der Waals surface area contributed by atoms with Crippen molar-refractivity contribution in [3.05, 3.63) is 54.1 Å². The van der Waals surface area contributed by atoms with E-state index in [-0.39, 0.29) is 5.97 Å². The summed E-state index contributed by atoms with van der Waals surface area (Å²) in [5.74, 6) is 1.57. The van der Waals surface area contributed by atoms with Crippen molar-refractivity contribution in [2.45, 2.75) is 6.92 Å². The number of hydrogen-bond donors (Lipinski definition) is 0. The van der Waals surface area contributed by atoms with Crippen LogP contribution in [0.1, 0.15) is 17.3 Å². The van der Waals surface area contributed by atoms with E-state index in [1.54, 1.807) is 44.4 Å². The summed E-state index contributed by atoms with van der Waals surface area (Å²) in [7, 11) is 1.60. The zero-order valence-corrected chi connectivity index (χ0v) is 11.5. The van der Waals surface area contributed by atoms with Crippen LogP contribution in [-0.2, 0) is 4.74 Å². The van der Waals surface area contributed by atoms with Crippen molar-refractivity contribution in [3.8, 4) is 17.2 Å². The highest BCUT2D eigenvalue weighted by molar-refractivity contribution is 5.89. The maximum absolute atomic E-state index is 11.7. The van der Waals surface area contributed by atoms with Gasteiger partial charge in [-0.05, 0) is 37.3 Å². The maximum Gasteiger partial charge on any atom is 0.338 e. The standard InChI is InChI=1S/C16H16O4/c1-3-19-16(17)12-6-4-8-14(10-12)20-15-9-5-7-13(11-15)18-2/h4-11H,3H2,1-2H3. The van der Waals surface area contributed by atoms with Gasteiger partial charge in [-0.15, -0.1) is 0 Å². The summed E-state index contributed by atoms with van der Waals surface area (Å²) in [6.07, 6.45) is 0. The van der Waals surface area contributed by atoms with Gasteiger partial charge in [0, 0.05) is 6.07 Å². The first-order valence-corrected chi connectivity index (χ1v) is 6.32. The molecule has 0 radical (unpaired) electrons. The van der Waals surface area contributed by atoms with Crippen LogP contribution in [0.2, 0.25) is 0 Å². The lowest BCUT2D eigenvalue weighted by atomic mass is 10.2. The van der Waals surface area contributed by atoms with Crippen molar-refractivity contribution < 1.29 is 19.0 Å². The average molecular weight is 272 g/mol. The quantitative estimate of drug-likeness (QED) is 0.779. The summed E-state index contributed by atoms with van der Waals surface area (Å²) >= 11 is 0. The smallest absolute Gasteiger partial charge is 0.338 e. The van der Waals surface area contributed by atoms with Gasteiger partial charge in [0.2, 0.25) is 0 Å². The number of carbonyl (C=O) groups is 1. The van der Waals surface area contributed by atoms with E-state index in [2.05, 4.69) is 0 Å². The molecule has 0 heterocycles. The summed E-state index contributed by atoms with van der Waals surface area (Å²) < 4.78 is 15.8. The Bertz CT molecular complexity index is 593. The fourth-order valence-corrected chi connectivity index (χ4v) is 1.70. The van der Waals surface area contributed by atoms with Crippen molar-refractivity contribution in [3.63, 3.8) is 0 Å². The number of hydrogen-bond acceptors (Lipinski definition) is 4. The Kier molecular flexibility index (Phi) is 4.60. The first kappa shape index (κ1) is 13.9. The molecule has 104 valence electrons. The Labute approximate surface area is 117 Å². The van der Waals surface area contributed by atoms with Gasteiger partial charge >= 0.3 is 5.97 Å². The normalized spacial score (nSPS) is 9.90. The predicted molar refractivity (Wildman–Crippen MR) is 75.5 cm³/mol. The maximum atomic E-state index is 11.7. The minimum atomic E-state index is -0.358. The van der Waals surface area contributed by atoms with Crippen LogP contribution in [0.3, 0.4) is 0 Å². The highest BCUT2D eigenvalue weighted by atomic mass is 16.5. The molecular formula is C16H16O4. The SMILES string of the molecule is CCOC(=O)c1cccc(Oc2cccc(OC)c2)c1. The molecule has 0 bridgehead atoms. The minimum Gasteiger partial charge on any atom is -0.497 e. The minimum absolute atomic E-state index is 0.347. The Hall–Kier alpha value is -2.49. The molecule has 0 saturated carbocycles. The van der Waals surface area contributed by atoms with Crippen molar-refractivity contribution in [1.82, 2.24) is 0 Å². The van der Waals surface area contributed by atoms with Crippen molar-refractivity contribution in [2.75, 3.05) is 13.7 Å². The Balaban J connectivity index is 2.16. The molecule has 0 spiro atoms. The number of ether oxygens (including phenoxy) is 3. The second kappa shape index (κ2) is 6.61. The van der Waals surface area contributed by atoms with E-state index < -0.39 is 0 Å². The lowest BCUT2D eigenvalue weighted by Gasteiger charge is -2.08. The molecule has 0 fully saturated rings. The van der Waals surface area contributed by atoms with E-state index in [0.717, 1.165) is 0 Å². The van der Waals surface area contributed by atoms with Gasteiger partial charge in [-0.25, -0.2) is 4.79 Å². The number of carbonyl (C=O) groups excluding carboxylic acids is 1. The van der Waals surface area contributed by atoms with E-state index in [9.17, 15) is 4.79 Å². The van der Waals surface area contributed by atoms with Gasteiger partial charge in [-0.3, -0.25) is 0 Å². The van der Waals surface area contributed by atoms with E-state index >= 15 is 0 Å². The Morgan fingerprint density at radius 3 is 2.35 bits per heavy atom. The van der Waals surface area contributed by atoms with Gasteiger partial charge in [0.1, 0.15) is 17.2 Å². The summed E-state index contributed by atoms with van der Waals surface area (Å²) in [6.45, 7) is 2.12. The van der Waals surface area contributed by atoms with Crippen LogP contribution < -0.4 is 9.47 Å². The van der Waals surface area contributed by atoms with Crippen LogP contribution in [-0.4, -0.2) is 19.7 Å². The molecule has 0 aliphatic heterocycles. The van der Waals surface area contributed by atoms with Crippen LogP contribution in [0.25, 0.3) is 0 Å². The number of rotatable bonds is 5. The zero-order valence-electron chi connectivity index (χ0n) is 11.5. The van der Waals surface area contributed by atoms with Crippen LogP contribution in [0.4, 0.5) is 0 Å². The molecule has 0 atom stereocenters. The lowest BCUT2D eigenvalue weighted by molar-refractivity contribution is 0.0526. The Morgan fingerprint density at radius 2 is 1.65 bits per heavy atom. The molecule has 0 unspecified atom stereocenters. The molecule has 4 nitrogen and oxygen atoms in total. The van der Waals surface area contributed by atoms with Crippen LogP contribution in [0.15, 0.2) is 48.5 Å². The first-order valence-electron chi connectivity index (χ1n) is 6.32. The van der Waals surface area contributed by atoms with Crippen molar-refractivity contribution in [1.29, 1.82) is 0 Å². The van der Waals surface area contributed by atoms with Crippen molar-refractivity contribution in [2.24, 2.45) is 0 Å². The van der Waals surface area contributed by atoms with Crippen molar-refractivity contribution >= 4 is 5.97 Å². The van der Waals surface area contributed by atoms with Gasteiger partial charge < -0.3 is 14.2 Å². The fourth-order valence-electron chi connectivity index (χ4n) is 1.70. The van der Waals surface area contributed by atoms with Gasteiger partial charge in [-0.2, -0.15) is 0 Å². The molecule has 0 aromatic heterocycles. The first-order chi connectivity index (χ1) is 9.72. The summed E-state index contributed by atoms with van der Waals surface area (Å²) in [4.78, 5) is 11.7. The molecule has 0 saturated heterocycles. The molecule has 0 amide bonds. The predicted octanol–water partition coefficient (Wildman–Crippen LogP) is 3.66. The highest BCUT2D eigenvalue weighted by Gasteiger charge is 2.08.